The summed E-state index contributed by atoms with van der Waals surface area (Å²) in [6, 6.07) is 0. The Labute approximate surface area is 188 Å². The first-order valence-corrected chi connectivity index (χ1v) is 12.8. The highest BCUT2D eigenvalue weighted by Crippen LogP contribution is 2.30. The highest BCUT2D eigenvalue weighted by molar-refractivity contribution is 5.72. The Morgan fingerprint density at radius 3 is 1.53 bits per heavy atom. The van der Waals surface area contributed by atoms with Crippen molar-refractivity contribution in [3.63, 3.8) is 0 Å². The molecule has 0 aliphatic rings. The maximum Gasteiger partial charge on any atom is 0.310 e. The number of hydrogen-bond donors (Lipinski definition) is 1. The Morgan fingerprint density at radius 2 is 1.20 bits per heavy atom. The van der Waals surface area contributed by atoms with Gasteiger partial charge in [-0.05, 0) is 27.4 Å². The number of carbonyl (C=O) groups excluding carboxylic acids is 1. The van der Waals surface area contributed by atoms with Crippen LogP contribution in [0.2, 0.25) is 0 Å². The maximum absolute atomic E-state index is 12.7. The molecule has 3 unspecified atom stereocenters. The molecule has 0 aromatic rings. The van der Waals surface area contributed by atoms with Crippen molar-refractivity contribution >= 4 is 5.97 Å². The number of aliphatic hydroxyl groups is 1. The van der Waals surface area contributed by atoms with Gasteiger partial charge in [-0.15, -0.1) is 0 Å². The SMILES string of the molecule is CCCCCCCCCCCCCCCC(C)C(=O)OC(C(C)C)(C(C)O)N(C)C. The fraction of sp³-hybridized carbons (Fsp3) is 0.962. The van der Waals surface area contributed by atoms with Gasteiger partial charge in [-0.1, -0.05) is 111 Å². The smallest absolute Gasteiger partial charge is 0.310 e. The molecule has 180 valence electrons. The summed E-state index contributed by atoms with van der Waals surface area (Å²) >= 11 is 0. The fourth-order valence-electron chi connectivity index (χ4n) is 4.51. The van der Waals surface area contributed by atoms with E-state index in [1.165, 1.54) is 77.0 Å². The van der Waals surface area contributed by atoms with E-state index >= 15 is 0 Å². The van der Waals surface area contributed by atoms with Crippen molar-refractivity contribution in [2.24, 2.45) is 11.8 Å². The number of rotatable bonds is 19. The van der Waals surface area contributed by atoms with E-state index in [4.69, 9.17) is 4.74 Å². The van der Waals surface area contributed by atoms with Crippen LogP contribution in [0.3, 0.4) is 0 Å². The van der Waals surface area contributed by atoms with Gasteiger partial charge in [0.2, 0.25) is 0 Å². The quantitative estimate of drug-likeness (QED) is 0.138. The first-order chi connectivity index (χ1) is 14.2. The van der Waals surface area contributed by atoms with E-state index in [0.717, 1.165) is 12.8 Å². The zero-order valence-corrected chi connectivity index (χ0v) is 21.3. The van der Waals surface area contributed by atoms with Crippen LogP contribution in [0.5, 0.6) is 0 Å². The van der Waals surface area contributed by atoms with E-state index in [0.29, 0.717) is 0 Å². The van der Waals surface area contributed by atoms with Gasteiger partial charge in [0.15, 0.2) is 5.72 Å². The molecular formula is C26H53NO3. The fourth-order valence-corrected chi connectivity index (χ4v) is 4.51. The van der Waals surface area contributed by atoms with Gasteiger partial charge < -0.3 is 9.84 Å². The van der Waals surface area contributed by atoms with Gasteiger partial charge in [-0.2, -0.15) is 0 Å². The molecule has 4 heteroatoms. The van der Waals surface area contributed by atoms with Crippen LogP contribution in [0, 0.1) is 11.8 Å². The van der Waals surface area contributed by atoms with Crippen molar-refractivity contribution in [2.75, 3.05) is 14.1 Å². The van der Waals surface area contributed by atoms with Crippen LogP contribution in [0.25, 0.3) is 0 Å². The number of likely N-dealkylation sites (N-methyl/N-ethyl adjacent to an activating group) is 1. The number of nitrogens with zero attached hydrogens (tertiary/aromatic N) is 1. The van der Waals surface area contributed by atoms with E-state index in [9.17, 15) is 9.90 Å². The summed E-state index contributed by atoms with van der Waals surface area (Å²) in [5.74, 6) is -0.327. The number of unbranched alkanes of at least 4 members (excludes halogenated alkanes) is 12. The molecule has 1 N–H and O–H groups in total. The molecule has 0 rings (SSSR count). The third-order valence-corrected chi connectivity index (χ3v) is 6.53. The lowest BCUT2D eigenvalue weighted by molar-refractivity contribution is -0.224. The molecule has 0 bridgehead atoms. The molecule has 0 radical (unpaired) electrons. The largest absolute Gasteiger partial charge is 0.440 e. The second-order valence-electron chi connectivity index (χ2n) is 9.83. The highest BCUT2D eigenvalue weighted by atomic mass is 16.6. The van der Waals surface area contributed by atoms with Crippen LogP contribution in [0.4, 0.5) is 0 Å². The summed E-state index contributed by atoms with van der Waals surface area (Å²) in [6.07, 6.45) is 17.4. The van der Waals surface area contributed by atoms with Gasteiger partial charge >= 0.3 is 5.97 Å². The van der Waals surface area contributed by atoms with Gasteiger partial charge in [0.1, 0.15) is 6.10 Å². The Kier molecular flexibility index (Phi) is 16.7. The summed E-state index contributed by atoms with van der Waals surface area (Å²) in [4.78, 5) is 14.5. The van der Waals surface area contributed by atoms with Crippen LogP contribution >= 0.6 is 0 Å². The Bertz CT molecular complexity index is 399. The second-order valence-corrected chi connectivity index (χ2v) is 9.83. The number of esters is 1. The number of hydrogen-bond acceptors (Lipinski definition) is 4. The molecule has 0 aliphatic carbocycles. The lowest BCUT2D eigenvalue weighted by Gasteiger charge is -2.44. The molecule has 0 saturated carbocycles. The summed E-state index contributed by atoms with van der Waals surface area (Å²) in [5.41, 5.74) is -0.971. The van der Waals surface area contributed by atoms with Gasteiger partial charge in [0, 0.05) is 5.92 Å². The summed E-state index contributed by atoms with van der Waals surface area (Å²) in [5, 5.41) is 10.3. The third kappa shape index (κ3) is 11.1. The summed E-state index contributed by atoms with van der Waals surface area (Å²) in [7, 11) is 3.72. The van der Waals surface area contributed by atoms with Gasteiger partial charge in [0.05, 0.1) is 5.92 Å². The van der Waals surface area contributed by atoms with Crippen LogP contribution in [0.1, 0.15) is 125 Å². The van der Waals surface area contributed by atoms with Gasteiger partial charge in [-0.25, -0.2) is 0 Å². The van der Waals surface area contributed by atoms with Crippen LogP contribution in [0.15, 0.2) is 0 Å². The monoisotopic (exact) mass is 427 g/mol. The van der Waals surface area contributed by atoms with Gasteiger partial charge in [-0.3, -0.25) is 9.69 Å². The zero-order chi connectivity index (χ0) is 23.0. The van der Waals surface area contributed by atoms with E-state index < -0.39 is 11.8 Å². The van der Waals surface area contributed by atoms with Crippen molar-refractivity contribution < 1.29 is 14.6 Å². The lowest BCUT2D eigenvalue weighted by Crippen LogP contribution is -2.59. The van der Waals surface area contributed by atoms with E-state index in [2.05, 4.69) is 6.92 Å². The topological polar surface area (TPSA) is 49.8 Å². The first kappa shape index (κ1) is 29.4. The molecule has 0 aromatic heterocycles. The lowest BCUT2D eigenvalue weighted by atomic mass is 9.92. The molecule has 0 aromatic carbocycles. The molecule has 0 heterocycles. The van der Waals surface area contributed by atoms with Crippen LogP contribution in [-0.2, 0) is 9.53 Å². The summed E-state index contributed by atoms with van der Waals surface area (Å²) < 4.78 is 5.89. The Hall–Kier alpha value is -0.610. The third-order valence-electron chi connectivity index (χ3n) is 6.53. The standard InChI is InChI=1S/C26H53NO3/c1-8-9-10-11-12-13-14-15-16-17-18-19-20-21-23(4)25(29)30-26(22(2)3,24(5)28)27(6)7/h22-24,28H,8-21H2,1-7H3. The molecular weight excluding hydrogens is 374 g/mol. The van der Waals surface area contributed by atoms with Crippen molar-refractivity contribution in [1.82, 2.24) is 4.90 Å². The minimum Gasteiger partial charge on any atom is -0.440 e. The van der Waals surface area contributed by atoms with Crippen molar-refractivity contribution in [3.8, 4) is 0 Å². The molecule has 3 atom stereocenters. The Morgan fingerprint density at radius 1 is 0.800 bits per heavy atom. The number of ether oxygens (including phenoxy) is 1. The minimum absolute atomic E-state index is 0.00000869. The predicted octanol–water partition coefficient (Wildman–Crippen LogP) is 6.94. The second kappa shape index (κ2) is 17.0. The van der Waals surface area contributed by atoms with E-state index in [1.807, 2.05) is 39.8 Å². The molecule has 0 saturated heterocycles. The summed E-state index contributed by atoms with van der Waals surface area (Å²) in [6.45, 7) is 9.89. The van der Waals surface area contributed by atoms with Crippen molar-refractivity contribution in [2.45, 2.75) is 136 Å². The molecule has 0 fully saturated rings. The van der Waals surface area contributed by atoms with Gasteiger partial charge in [0.25, 0.3) is 0 Å². The highest BCUT2D eigenvalue weighted by Gasteiger charge is 2.45. The first-order valence-electron chi connectivity index (χ1n) is 12.8. The van der Waals surface area contributed by atoms with Crippen LogP contribution in [-0.4, -0.2) is 41.9 Å². The predicted molar refractivity (Wildman–Crippen MR) is 129 cm³/mol. The number of aliphatic hydroxyl groups excluding tert-OH is 1. The van der Waals surface area contributed by atoms with E-state index in [-0.39, 0.29) is 17.8 Å². The minimum atomic E-state index is -0.971. The zero-order valence-electron chi connectivity index (χ0n) is 21.3. The molecule has 30 heavy (non-hydrogen) atoms. The van der Waals surface area contributed by atoms with E-state index in [1.54, 1.807) is 6.92 Å². The maximum atomic E-state index is 12.7. The molecule has 0 amide bonds. The molecule has 0 aliphatic heterocycles. The Balaban J connectivity index is 3.93. The normalized spacial score (nSPS) is 15.9. The average molecular weight is 428 g/mol. The van der Waals surface area contributed by atoms with Crippen LogP contribution < -0.4 is 0 Å². The van der Waals surface area contributed by atoms with Crippen molar-refractivity contribution in [3.05, 3.63) is 0 Å². The van der Waals surface area contributed by atoms with Crippen molar-refractivity contribution in [1.29, 1.82) is 0 Å². The average Bonchev–Trinajstić information content (AvgIpc) is 2.68. The number of carbonyl (C=O) groups is 1. The molecule has 4 nitrogen and oxygen atoms in total. The molecule has 0 spiro atoms.